The molecule has 56 nitrogen and oxygen atoms in total. The Hall–Kier alpha value is -12.9. The van der Waals surface area contributed by atoms with E-state index in [0.717, 1.165) is 19.3 Å². The van der Waals surface area contributed by atoms with Crippen LogP contribution in [-0.2, 0) is 133 Å². The minimum absolute atomic E-state index is 0.00453. The van der Waals surface area contributed by atoms with E-state index < -0.39 is 115 Å². The summed E-state index contributed by atoms with van der Waals surface area (Å²) in [7, 11) is 0. The number of carbonyl (C=O) groups excluding carboxylic acids is 12. The van der Waals surface area contributed by atoms with Crippen molar-refractivity contribution in [3.8, 4) is 0 Å². The van der Waals surface area contributed by atoms with E-state index in [9.17, 15) is 118 Å². The molecule has 5 unspecified atom stereocenters. The van der Waals surface area contributed by atoms with Crippen molar-refractivity contribution in [2.75, 3.05) is 92.2 Å². The Balaban J connectivity index is -0.00000161. The maximum Gasteiger partial charge on any atom is 0.519 e. The lowest BCUT2D eigenvalue weighted by molar-refractivity contribution is -0.758. The highest BCUT2D eigenvalue weighted by molar-refractivity contribution is 5.77. The lowest BCUT2D eigenvalue weighted by atomic mass is 10.1. The molecule has 768 valence electrons. The number of hydrogen-bond donors (Lipinski definition) is 8. The Labute approximate surface area is 770 Å². The van der Waals surface area contributed by atoms with Gasteiger partial charge in [0, 0.05) is 52.0 Å². The van der Waals surface area contributed by atoms with Crippen LogP contribution >= 0.6 is 0 Å². The third-order valence-electron chi connectivity index (χ3n) is 16.6. The standard InChI is InChI=1S/C19H34N2O9.C17H27N3O9.C17H30N2O10.C15H23N3O9.C10H19N3O6/c1-19(2,3)30-17(23)14-16(28-15-22)10-6-7-11-20-18(24)27-12-8-4-5-9-13-29-21(25)26;1-12-14(29-17(23)28-12)11-26-16(22)13(18)7-4-5-9-19-15(21)8-3-2-6-10-27-20(24)25;1-17(2,3)29-15(21)12-14(27-13-20)6-4-5-7-18-16(22)26-10-8-25-9-11-28-19(23)24;1-10-12(27-15(21)26-10)9-24-14(20)11(16)5-2-3-7-17-13(19)6-4-8-25-18(22)23;11-9(18-8-14)4-1-2-6-12-10(15)5-3-7-19-13(16)17/h15-16H,4-14H2,1-3H3,(H,20,24);13H,2-11,18H2,1H3,(H,19,21);13-14H,4-12H2,1-3H3,(H,18,22);11H,2-9,16H2,1H3,(H,17,19);8-9H,1-7,11H2,(H,12,15). The van der Waals surface area contributed by atoms with Crippen LogP contribution in [0.15, 0.2) is 27.3 Å². The molecular weight excluding hydrogens is 1810 g/mol. The van der Waals surface area contributed by atoms with Crippen LogP contribution in [0, 0.1) is 64.4 Å². The van der Waals surface area contributed by atoms with E-state index in [1.165, 1.54) is 13.8 Å². The number of nitrogens with two attached hydrogens (primary N) is 3. The molecule has 0 aromatic carbocycles. The van der Waals surface area contributed by atoms with Crippen molar-refractivity contribution in [2.45, 2.75) is 297 Å². The molecule has 5 amide bonds. The van der Waals surface area contributed by atoms with Gasteiger partial charge in [0.15, 0.2) is 42.5 Å². The van der Waals surface area contributed by atoms with Crippen molar-refractivity contribution >= 4 is 73.2 Å². The second-order valence-electron chi connectivity index (χ2n) is 30.3. The summed E-state index contributed by atoms with van der Waals surface area (Å²) in [5.41, 5.74) is 15.7. The van der Waals surface area contributed by atoms with Crippen molar-refractivity contribution in [2.24, 2.45) is 17.2 Å². The fourth-order valence-corrected chi connectivity index (χ4v) is 10.3. The Morgan fingerprint density at radius 2 is 0.679 bits per heavy atom. The van der Waals surface area contributed by atoms with E-state index in [-0.39, 0.29) is 146 Å². The van der Waals surface area contributed by atoms with Gasteiger partial charge in [-0.15, -0.1) is 50.6 Å². The molecule has 11 N–H and O–H groups in total. The number of esters is 4. The second-order valence-corrected chi connectivity index (χ2v) is 30.3. The number of aryl methyl sites for hydroxylation is 2. The van der Waals surface area contributed by atoms with Crippen molar-refractivity contribution in [3.05, 3.63) is 94.8 Å². The van der Waals surface area contributed by atoms with Crippen molar-refractivity contribution in [1.82, 2.24) is 26.6 Å². The molecule has 0 aliphatic carbocycles. The van der Waals surface area contributed by atoms with Gasteiger partial charge < -0.3 is 127 Å². The zero-order valence-corrected chi connectivity index (χ0v) is 77.0. The maximum absolute atomic E-state index is 11.8. The van der Waals surface area contributed by atoms with Gasteiger partial charge in [0.2, 0.25) is 17.7 Å². The Bertz CT molecular complexity index is 3790. The number of nitrogens with one attached hydrogen (secondary N) is 5. The van der Waals surface area contributed by atoms with Crippen LogP contribution in [0.1, 0.15) is 251 Å². The quantitative estimate of drug-likeness (QED) is 0.00804. The number of alkyl carbamates (subject to hydrolysis) is 2. The van der Waals surface area contributed by atoms with Crippen LogP contribution in [0.3, 0.4) is 0 Å². The van der Waals surface area contributed by atoms with Crippen LogP contribution in [0.2, 0.25) is 0 Å². The first-order valence-electron chi connectivity index (χ1n) is 43.0. The third-order valence-corrected chi connectivity index (χ3v) is 16.6. The Morgan fingerprint density at radius 1 is 0.366 bits per heavy atom. The first-order chi connectivity index (χ1) is 63.4. The summed E-state index contributed by atoms with van der Waals surface area (Å²) in [6, 6.07) is -1.65. The van der Waals surface area contributed by atoms with Crippen LogP contribution in [-0.4, -0.2) is 233 Å². The Morgan fingerprint density at radius 3 is 1.03 bits per heavy atom. The number of ether oxygens (including phenoxy) is 10. The molecule has 0 bridgehead atoms. The lowest BCUT2D eigenvalue weighted by Gasteiger charge is -2.21. The molecule has 0 fully saturated rings. The molecule has 0 spiro atoms. The summed E-state index contributed by atoms with van der Waals surface area (Å²) in [6.07, 6.45) is 11.5. The molecule has 2 rings (SSSR count). The summed E-state index contributed by atoms with van der Waals surface area (Å²) in [5.74, 6) is -3.59. The normalized spacial score (nSPS) is 11.7. The van der Waals surface area contributed by atoms with Gasteiger partial charge in [0.25, 0.3) is 44.8 Å². The molecule has 0 aliphatic rings. The number of amides is 5. The molecule has 134 heavy (non-hydrogen) atoms. The minimum Gasteiger partial charge on any atom is -0.464 e. The van der Waals surface area contributed by atoms with Gasteiger partial charge in [0.1, 0.15) is 48.7 Å². The zero-order chi connectivity index (χ0) is 101. The number of nitrogens with zero attached hydrogens (tertiary/aromatic N) is 5. The summed E-state index contributed by atoms with van der Waals surface area (Å²) in [5, 5.41) is 58.5. The van der Waals surface area contributed by atoms with Gasteiger partial charge in [0.05, 0.1) is 59.1 Å². The Kier molecular flexibility index (Phi) is 74.6. The van der Waals surface area contributed by atoms with E-state index in [0.29, 0.717) is 187 Å². The average molecular weight is 1940 g/mol. The van der Waals surface area contributed by atoms with Crippen molar-refractivity contribution < 1.29 is 172 Å². The molecular formula is C78H133N13O43. The van der Waals surface area contributed by atoms with Crippen LogP contribution in [0.5, 0.6) is 0 Å². The molecule has 0 saturated heterocycles. The van der Waals surface area contributed by atoms with Gasteiger partial charge in [-0.3, -0.25) is 53.7 Å². The molecule has 2 heterocycles. The number of carbonyl (C=O) groups is 12. The molecule has 56 heteroatoms. The fourth-order valence-electron chi connectivity index (χ4n) is 10.3. The topological polar surface area (TPSA) is 784 Å². The molecule has 5 atom stereocenters. The summed E-state index contributed by atoms with van der Waals surface area (Å²) in [6.45, 7) is 16.2. The van der Waals surface area contributed by atoms with Crippen molar-refractivity contribution in [1.29, 1.82) is 0 Å². The molecule has 2 aromatic rings. The summed E-state index contributed by atoms with van der Waals surface area (Å²) >= 11 is 0. The number of hydrogen-bond acceptors (Lipinski definition) is 46. The zero-order valence-electron chi connectivity index (χ0n) is 77.0. The van der Waals surface area contributed by atoms with Gasteiger partial charge in [-0.05, 0) is 197 Å². The molecule has 2 aromatic heterocycles. The summed E-state index contributed by atoms with van der Waals surface area (Å²) in [4.78, 5) is 228. The SMILES string of the molecule is CC(C)(C)OC(=O)CC(CCCCNC(=O)OCCCCCCO[N+](=O)[O-])OC=O.CC(C)(C)OC(=O)CC(CCCCNC(=O)OCCOCCO[N+](=O)[O-])OC=O.Cc1oc(=O)oc1COC(=O)C(N)CCCCNC(=O)CCCCCO[N+](=O)[O-].Cc1oc(=O)oc1COC(=O)C(N)CCCCNC(=O)CCCO[N+](=O)[O-].NC(CCCCNC(=O)CCCO[N+](=O)[O-])OC=O. The molecule has 0 aliphatic heterocycles. The average Bonchev–Trinajstić information content (AvgIpc) is 1.76. The van der Waals surface area contributed by atoms with Gasteiger partial charge in [-0.25, -0.2) is 19.2 Å². The van der Waals surface area contributed by atoms with Crippen LogP contribution in [0.25, 0.3) is 0 Å². The van der Waals surface area contributed by atoms with Crippen LogP contribution in [0.4, 0.5) is 9.59 Å². The third kappa shape index (κ3) is 84.6. The van der Waals surface area contributed by atoms with E-state index in [2.05, 4.69) is 64.3 Å². The summed E-state index contributed by atoms with van der Waals surface area (Å²) < 4.78 is 68.3. The smallest absolute Gasteiger partial charge is 0.464 e. The van der Waals surface area contributed by atoms with E-state index in [1.54, 1.807) is 41.5 Å². The van der Waals surface area contributed by atoms with E-state index in [4.69, 9.17) is 68.7 Å². The predicted molar refractivity (Wildman–Crippen MR) is 455 cm³/mol. The van der Waals surface area contributed by atoms with Crippen molar-refractivity contribution in [3.63, 3.8) is 0 Å². The highest BCUT2D eigenvalue weighted by Gasteiger charge is 2.25. The van der Waals surface area contributed by atoms with Gasteiger partial charge in [-0.1, -0.05) is 12.8 Å². The first kappa shape index (κ1) is 125. The first-order valence-corrected chi connectivity index (χ1v) is 43.0. The van der Waals surface area contributed by atoms with Crippen LogP contribution < -0.4 is 55.4 Å². The maximum atomic E-state index is 11.8. The highest BCUT2D eigenvalue weighted by atomic mass is 17.0. The second kappa shape index (κ2) is 79.8. The fraction of sp³-hybridized carbons (Fsp3) is 0.769. The molecule has 0 radical (unpaired) electrons. The largest absolute Gasteiger partial charge is 0.519 e. The van der Waals surface area contributed by atoms with Gasteiger partial charge in [-0.2, -0.15) is 0 Å². The minimum atomic E-state index is -0.919. The molecule has 0 saturated carbocycles. The number of rotatable bonds is 73. The van der Waals surface area contributed by atoms with E-state index >= 15 is 0 Å². The predicted octanol–water partition coefficient (Wildman–Crippen LogP) is 5.18. The monoisotopic (exact) mass is 1940 g/mol. The van der Waals surface area contributed by atoms with Gasteiger partial charge >= 0.3 is 47.7 Å². The van der Waals surface area contributed by atoms with E-state index in [1.807, 2.05) is 0 Å². The lowest BCUT2D eigenvalue weighted by Crippen LogP contribution is -2.32. The number of unbranched alkanes of at least 4 members (excludes halogenated alkanes) is 10. The highest BCUT2D eigenvalue weighted by Crippen LogP contribution is 2.18.